The fourth-order valence-corrected chi connectivity index (χ4v) is 2.44. The van der Waals surface area contributed by atoms with Crippen LogP contribution in [-0.2, 0) is 31.2 Å². The van der Waals surface area contributed by atoms with Crippen LogP contribution in [0.15, 0.2) is 42.5 Å². The van der Waals surface area contributed by atoms with Crippen LogP contribution in [0.5, 0.6) is 0 Å². The Balaban J connectivity index is 0.00000392. The topological polar surface area (TPSA) is 38.8 Å². The summed E-state index contributed by atoms with van der Waals surface area (Å²) in [5, 5.41) is 0. The molecular formula is C21H24F2NO3Ti. The number of hydrogen-bond acceptors (Lipinski definition) is 3. The molecule has 0 unspecified atom stereocenters. The van der Waals surface area contributed by atoms with E-state index in [1.807, 2.05) is 6.07 Å². The summed E-state index contributed by atoms with van der Waals surface area (Å²) in [5.74, 6) is -2.12. The predicted octanol–water partition coefficient (Wildman–Crippen LogP) is 4.24. The minimum atomic E-state index is -0.915. The standard InChI is InChI=1S/C21H24F2NO3.Ti/c1-2-3-12-26-14-15-27-13-11-24(20-10-9-18(22)16-19(20)23)21(25)17-7-5-4-6-8-17;/h4-10H,2-3,11-15H2,1H3;. The Morgan fingerprint density at radius 2 is 1.68 bits per heavy atom. The van der Waals surface area contributed by atoms with Gasteiger partial charge < -0.3 is 14.4 Å². The minimum Gasteiger partial charge on any atom is -0.379 e. The van der Waals surface area contributed by atoms with Crippen LogP contribution in [0.4, 0.5) is 14.5 Å². The Hall–Kier alpha value is -1.60. The second kappa shape index (κ2) is 13.6. The number of benzene rings is 2. The van der Waals surface area contributed by atoms with Crippen molar-refractivity contribution in [2.75, 3.05) is 37.9 Å². The van der Waals surface area contributed by atoms with Crippen LogP contribution >= 0.6 is 0 Å². The first-order valence-electron chi connectivity index (χ1n) is 9.03. The molecule has 1 radical (unpaired) electrons. The first kappa shape index (κ1) is 24.4. The summed E-state index contributed by atoms with van der Waals surface area (Å²) >= 11 is 0. The molecule has 0 aliphatic heterocycles. The van der Waals surface area contributed by atoms with E-state index in [-0.39, 0.29) is 40.6 Å². The van der Waals surface area contributed by atoms with Crippen molar-refractivity contribution in [3.8, 4) is 0 Å². The van der Waals surface area contributed by atoms with E-state index >= 15 is 0 Å². The zero-order chi connectivity index (χ0) is 19.5. The fourth-order valence-electron chi connectivity index (χ4n) is 2.44. The Morgan fingerprint density at radius 1 is 1.00 bits per heavy atom. The molecule has 0 heterocycles. The Bertz CT molecular complexity index is 716. The van der Waals surface area contributed by atoms with Gasteiger partial charge in [0.15, 0.2) is 5.82 Å². The quantitative estimate of drug-likeness (QED) is 0.400. The van der Waals surface area contributed by atoms with Crippen molar-refractivity contribution in [2.24, 2.45) is 0 Å². The summed E-state index contributed by atoms with van der Waals surface area (Å²) in [6, 6.07) is 12.8. The number of rotatable bonds is 11. The smallest absolute Gasteiger partial charge is 0.258 e. The molecule has 0 atom stereocenters. The SMILES string of the molecule is CCCCOCCOCCN(C(=O)c1ccccc1)c1ccc(F)[c]c1F.[Ti]. The summed E-state index contributed by atoms with van der Waals surface area (Å²) in [6.07, 6.45) is 2.07. The molecule has 2 rings (SSSR count). The number of hydrogen-bond donors (Lipinski definition) is 0. The molecule has 1 amide bonds. The molecule has 0 fully saturated rings. The summed E-state index contributed by atoms with van der Waals surface area (Å²) in [5.41, 5.74) is 0.372. The number of nitrogens with zero attached hydrogens (tertiary/aromatic N) is 1. The van der Waals surface area contributed by atoms with E-state index in [0.717, 1.165) is 18.9 Å². The molecule has 0 saturated carbocycles. The monoisotopic (exact) mass is 424 g/mol. The maximum Gasteiger partial charge on any atom is 0.258 e. The molecule has 0 spiro atoms. The van der Waals surface area contributed by atoms with E-state index in [9.17, 15) is 13.6 Å². The summed E-state index contributed by atoms with van der Waals surface area (Å²) in [7, 11) is 0. The Morgan fingerprint density at radius 3 is 2.32 bits per heavy atom. The van der Waals surface area contributed by atoms with Crippen molar-refractivity contribution in [3.63, 3.8) is 0 Å². The zero-order valence-corrected chi connectivity index (χ0v) is 17.5. The minimum absolute atomic E-state index is 0. The molecule has 2 aromatic rings. The number of amides is 1. The maximum absolute atomic E-state index is 14.2. The van der Waals surface area contributed by atoms with E-state index in [1.165, 1.54) is 11.0 Å². The molecule has 0 aliphatic rings. The average molecular weight is 424 g/mol. The first-order chi connectivity index (χ1) is 13.1. The molecular weight excluding hydrogens is 400 g/mol. The largest absolute Gasteiger partial charge is 0.379 e. The second-order valence-corrected chi connectivity index (χ2v) is 5.91. The molecule has 7 heteroatoms. The molecule has 0 N–H and O–H groups in total. The molecule has 149 valence electrons. The van der Waals surface area contributed by atoms with Gasteiger partial charge >= 0.3 is 0 Å². The normalized spacial score (nSPS) is 10.4. The van der Waals surface area contributed by atoms with Crippen molar-refractivity contribution < 1.29 is 44.8 Å². The maximum atomic E-state index is 14.2. The van der Waals surface area contributed by atoms with Crippen molar-refractivity contribution in [1.29, 1.82) is 0 Å². The first-order valence-corrected chi connectivity index (χ1v) is 9.03. The van der Waals surface area contributed by atoms with Crippen molar-refractivity contribution >= 4 is 11.6 Å². The van der Waals surface area contributed by atoms with Gasteiger partial charge in [0.2, 0.25) is 0 Å². The van der Waals surface area contributed by atoms with Gasteiger partial charge in [-0.15, -0.1) is 0 Å². The third kappa shape index (κ3) is 7.80. The third-order valence-corrected chi connectivity index (χ3v) is 3.87. The molecule has 0 bridgehead atoms. The van der Waals surface area contributed by atoms with Crippen molar-refractivity contribution in [3.05, 3.63) is 65.7 Å². The van der Waals surface area contributed by atoms with Gasteiger partial charge in [0, 0.05) is 40.4 Å². The van der Waals surface area contributed by atoms with Gasteiger partial charge in [-0.3, -0.25) is 4.79 Å². The number of halogens is 2. The van der Waals surface area contributed by atoms with Gasteiger partial charge in [0.25, 0.3) is 5.91 Å². The van der Waals surface area contributed by atoms with Crippen LogP contribution in [0.2, 0.25) is 0 Å². The predicted molar refractivity (Wildman–Crippen MR) is 99.9 cm³/mol. The molecule has 2 aromatic carbocycles. The van der Waals surface area contributed by atoms with Crippen molar-refractivity contribution in [1.82, 2.24) is 0 Å². The Labute approximate surface area is 179 Å². The van der Waals surface area contributed by atoms with Gasteiger partial charge in [-0.2, -0.15) is 0 Å². The molecule has 28 heavy (non-hydrogen) atoms. The number of unbranched alkanes of at least 4 members (excludes halogenated alkanes) is 1. The van der Waals surface area contributed by atoms with Crippen LogP contribution < -0.4 is 4.90 Å². The van der Waals surface area contributed by atoms with E-state index in [1.54, 1.807) is 30.3 Å². The number of ether oxygens (including phenoxy) is 2. The summed E-state index contributed by atoms with van der Waals surface area (Å²) in [6.45, 7) is 3.95. The number of carbonyl (C=O) groups excluding carboxylic acids is 1. The number of carbonyl (C=O) groups is 1. The van der Waals surface area contributed by atoms with Gasteiger partial charge in [0.1, 0.15) is 5.82 Å². The Kier molecular flexibility index (Phi) is 11.8. The molecule has 0 saturated heterocycles. The van der Waals surface area contributed by atoms with Crippen LogP contribution in [0.3, 0.4) is 0 Å². The van der Waals surface area contributed by atoms with Crippen LogP contribution in [-0.4, -0.2) is 38.9 Å². The van der Waals surface area contributed by atoms with E-state index in [2.05, 4.69) is 6.92 Å². The third-order valence-electron chi connectivity index (χ3n) is 3.87. The molecule has 0 aliphatic carbocycles. The second-order valence-electron chi connectivity index (χ2n) is 5.91. The summed E-state index contributed by atoms with van der Waals surface area (Å²) < 4.78 is 38.2. The van der Waals surface area contributed by atoms with E-state index in [4.69, 9.17) is 9.47 Å². The zero-order valence-electron chi connectivity index (χ0n) is 15.9. The fraction of sp³-hybridized carbons (Fsp3) is 0.381. The van der Waals surface area contributed by atoms with Crippen LogP contribution in [0.25, 0.3) is 0 Å². The van der Waals surface area contributed by atoms with E-state index in [0.29, 0.717) is 25.4 Å². The van der Waals surface area contributed by atoms with Gasteiger partial charge in [0.05, 0.1) is 31.6 Å². The van der Waals surface area contributed by atoms with Gasteiger partial charge in [-0.25, -0.2) is 8.78 Å². The van der Waals surface area contributed by atoms with Crippen LogP contribution in [0, 0.1) is 17.7 Å². The van der Waals surface area contributed by atoms with Crippen molar-refractivity contribution in [2.45, 2.75) is 19.8 Å². The average Bonchev–Trinajstić information content (AvgIpc) is 2.68. The number of anilines is 1. The van der Waals surface area contributed by atoms with Crippen LogP contribution in [0.1, 0.15) is 30.1 Å². The summed E-state index contributed by atoms with van der Waals surface area (Å²) in [4.78, 5) is 14.0. The van der Waals surface area contributed by atoms with Gasteiger partial charge in [-0.1, -0.05) is 31.5 Å². The van der Waals surface area contributed by atoms with Gasteiger partial charge in [-0.05, 0) is 30.7 Å². The molecule has 4 nitrogen and oxygen atoms in total. The van der Waals surface area contributed by atoms with E-state index < -0.39 is 17.5 Å². The molecule has 0 aromatic heterocycles.